The lowest BCUT2D eigenvalue weighted by atomic mass is 9.69. The van der Waals surface area contributed by atoms with Crippen LogP contribution in [0.3, 0.4) is 0 Å². The van der Waals surface area contributed by atoms with Crippen molar-refractivity contribution < 1.29 is 9.59 Å². The topological polar surface area (TPSA) is 58.2 Å². The lowest BCUT2D eigenvalue weighted by Gasteiger charge is -2.39. The Balaban J connectivity index is 1.82. The van der Waals surface area contributed by atoms with E-state index >= 15 is 0 Å². The maximum atomic E-state index is 12.3. The molecule has 1 saturated heterocycles. The van der Waals surface area contributed by atoms with Gasteiger partial charge in [-0.25, -0.2) is 0 Å². The normalized spacial score (nSPS) is 26.8. The second-order valence-electron chi connectivity index (χ2n) is 6.86. The molecule has 2 amide bonds. The molecule has 2 N–H and O–H groups in total. The third-order valence-electron chi connectivity index (χ3n) is 5.69. The van der Waals surface area contributed by atoms with Crippen LogP contribution in [0.25, 0.3) is 0 Å². The van der Waals surface area contributed by atoms with Gasteiger partial charge in [-0.2, -0.15) is 0 Å². The first-order valence-electron chi connectivity index (χ1n) is 8.68. The Kier molecular flexibility index (Phi) is 5.65. The summed E-state index contributed by atoms with van der Waals surface area (Å²) in [6.07, 6.45) is 10.2. The minimum Gasteiger partial charge on any atom is -0.352 e. The number of carbonyl (C=O) groups is 2. The van der Waals surface area contributed by atoms with Crippen molar-refractivity contribution in [3.05, 3.63) is 0 Å². The van der Waals surface area contributed by atoms with Crippen LogP contribution < -0.4 is 10.6 Å². The van der Waals surface area contributed by atoms with E-state index < -0.39 is 0 Å². The molecule has 0 radical (unpaired) electrons. The molecule has 1 unspecified atom stereocenters. The third kappa shape index (κ3) is 4.21. The SMILES string of the molecule is CCC1(CC)CCC(NC(=O)C2CCCCC(=O)N2)CC1. The summed E-state index contributed by atoms with van der Waals surface area (Å²) in [5.74, 6) is 0.0445. The smallest absolute Gasteiger partial charge is 0.242 e. The minimum absolute atomic E-state index is 0.0206. The van der Waals surface area contributed by atoms with Crippen LogP contribution >= 0.6 is 0 Å². The van der Waals surface area contributed by atoms with Crippen LogP contribution in [0.1, 0.15) is 78.1 Å². The summed E-state index contributed by atoms with van der Waals surface area (Å²) in [6.45, 7) is 4.56. The summed E-state index contributed by atoms with van der Waals surface area (Å²) in [5.41, 5.74) is 0.498. The number of rotatable bonds is 4. The molecule has 21 heavy (non-hydrogen) atoms. The summed E-state index contributed by atoms with van der Waals surface area (Å²) in [7, 11) is 0. The van der Waals surface area contributed by atoms with Gasteiger partial charge in [-0.15, -0.1) is 0 Å². The lowest BCUT2D eigenvalue weighted by Crippen LogP contribution is -2.50. The van der Waals surface area contributed by atoms with Crippen LogP contribution in [0.2, 0.25) is 0 Å². The molecule has 2 aliphatic rings. The van der Waals surface area contributed by atoms with Crippen LogP contribution in [0.4, 0.5) is 0 Å². The van der Waals surface area contributed by atoms with E-state index in [0.717, 1.165) is 32.1 Å². The van der Waals surface area contributed by atoms with E-state index in [1.807, 2.05) is 0 Å². The van der Waals surface area contributed by atoms with E-state index in [9.17, 15) is 9.59 Å². The molecule has 2 fully saturated rings. The Labute approximate surface area is 128 Å². The molecule has 1 aliphatic carbocycles. The highest BCUT2D eigenvalue weighted by atomic mass is 16.2. The Morgan fingerprint density at radius 1 is 1.19 bits per heavy atom. The highest BCUT2D eigenvalue weighted by Crippen LogP contribution is 2.41. The Bertz CT molecular complexity index is 367. The molecule has 0 aromatic carbocycles. The van der Waals surface area contributed by atoms with Gasteiger partial charge in [-0.3, -0.25) is 9.59 Å². The molecular weight excluding hydrogens is 264 g/mol. The number of amides is 2. The molecule has 0 spiro atoms. The molecular formula is C17H30N2O2. The number of hydrogen-bond acceptors (Lipinski definition) is 2. The number of carbonyl (C=O) groups excluding carboxylic acids is 2. The van der Waals surface area contributed by atoms with Gasteiger partial charge in [0.05, 0.1) is 0 Å². The molecule has 120 valence electrons. The summed E-state index contributed by atoms with van der Waals surface area (Å²) in [5, 5.41) is 6.03. The Morgan fingerprint density at radius 2 is 1.86 bits per heavy atom. The van der Waals surface area contributed by atoms with Gasteiger partial charge in [0.2, 0.25) is 11.8 Å². The standard InChI is InChI=1S/C17H30N2O2/c1-3-17(4-2)11-9-13(10-12-17)18-16(21)14-7-5-6-8-15(20)19-14/h13-14H,3-12H2,1-2H3,(H,18,21)(H,19,20). The van der Waals surface area contributed by atoms with Gasteiger partial charge >= 0.3 is 0 Å². The van der Waals surface area contributed by atoms with E-state index in [1.165, 1.54) is 25.7 Å². The minimum atomic E-state index is -0.316. The monoisotopic (exact) mass is 294 g/mol. The quantitative estimate of drug-likeness (QED) is 0.837. The van der Waals surface area contributed by atoms with Crippen molar-refractivity contribution in [3.8, 4) is 0 Å². The zero-order valence-corrected chi connectivity index (χ0v) is 13.5. The molecule has 4 heteroatoms. The second kappa shape index (κ2) is 7.28. The second-order valence-corrected chi connectivity index (χ2v) is 6.86. The lowest BCUT2D eigenvalue weighted by molar-refractivity contribution is -0.129. The van der Waals surface area contributed by atoms with Gasteiger partial charge in [0.15, 0.2) is 0 Å². The summed E-state index contributed by atoms with van der Waals surface area (Å²) >= 11 is 0. The van der Waals surface area contributed by atoms with Gasteiger partial charge in [-0.1, -0.05) is 33.1 Å². The molecule has 2 rings (SSSR count). The van der Waals surface area contributed by atoms with Crippen molar-refractivity contribution in [2.45, 2.75) is 90.1 Å². The maximum Gasteiger partial charge on any atom is 0.242 e. The first-order valence-corrected chi connectivity index (χ1v) is 8.68. The van der Waals surface area contributed by atoms with Crippen LogP contribution in [0.5, 0.6) is 0 Å². The zero-order valence-electron chi connectivity index (χ0n) is 13.5. The summed E-state index contributed by atoms with van der Waals surface area (Å²) < 4.78 is 0. The highest BCUT2D eigenvalue weighted by molar-refractivity contribution is 5.88. The fourth-order valence-electron chi connectivity index (χ4n) is 3.80. The third-order valence-corrected chi connectivity index (χ3v) is 5.69. The molecule has 4 nitrogen and oxygen atoms in total. The van der Waals surface area contributed by atoms with Gasteiger partial charge in [-0.05, 0) is 43.9 Å². The largest absolute Gasteiger partial charge is 0.352 e. The van der Waals surface area contributed by atoms with E-state index in [0.29, 0.717) is 17.9 Å². The maximum absolute atomic E-state index is 12.3. The highest BCUT2D eigenvalue weighted by Gasteiger charge is 2.33. The van der Waals surface area contributed by atoms with Crippen LogP contribution in [-0.2, 0) is 9.59 Å². The average molecular weight is 294 g/mol. The fourth-order valence-corrected chi connectivity index (χ4v) is 3.80. The van der Waals surface area contributed by atoms with Gasteiger partial charge < -0.3 is 10.6 Å². The molecule has 0 bridgehead atoms. The molecule has 1 atom stereocenters. The Hall–Kier alpha value is -1.06. The van der Waals surface area contributed by atoms with Crippen molar-refractivity contribution in [2.75, 3.05) is 0 Å². The predicted molar refractivity (Wildman–Crippen MR) is 83.8 cm³/mol. The van der Waals surface area contributed by atoms with Crippen molar-refractivity contribution in [3.63, 3.8) is 0 Å². The van der Waals surface area contributed by atoms with Crippen LogP contribution in [0.15, 0.2) is 0 Å². The summed E-state index contributed by atoms with van der Waals surface area (Å²) in [4.78, 5) is 23.9. The van der Waals surface area contributed by atoms with E-state index in [4.69, 9.17) is 0 Å². The van der Waals surface area contributed by atoms with E-state index in [1.54, 1.807) is 0 Å². The van der Waals surface area contributed by atoms with Crippen LogP contribution in [-0.4, -0.2) is 23.9 Å². The summed E-state index contributed by atoms with van der Waals surface area (Å²) in [6, 6.07) is -0.0204. The molecule has 0 aromatic heterocycles. The van der Waals surface area contributed by atoms with Crippen molar-refractivity contribution >= 4 is 11.8 Å². The van der Waals surface area contributed by atoms with E-state index in [2.05, 4.69) is 24.5 Å². The first-order chi connectivity index (χ1) is 10.1. The number of nitrogens with one attached hydrogen (secondary N) is 2. The molecule has 1 aliphatic heterocycles. The van der Waals surface area contributed by atoms with Crippen LogP contribution in [0, 0.1) is 5.41 Å². The molecule has 1 saturated carbocycles. The van der Waals surface area contributed by atoms with Crippen molar-refractivity contribution in [1.29, 1.82) is 0 Å². The van der Waals surface area contributed by atoms with E-state index in [-0.39, 0.29) is 17.9 Å². The zero-order chi connectivity index (χ0) is 15.3. The molecule has 0 aromatic rings. The van der Waals surface area contributed by atoms with Crippen molar-refractivity contribution in [2.24, 2.45) is 5.41 Å². The Morgan fingerprint density at radius 3 is 2.48 bits per heavy atom. The predicted octanol–water partition coefficient (Wildman–Crippen LogP) is 2.91. The average Bonchev–Trinajstić information content (AvgIpc) is 2.73. The first kappa shape index (κ1) is 16.3. The molecule has 1 heterocycles. The number of hydrogen-bond donors (Lipinski definition) is 2. The fraction of sp³-hybridized carbons (Fsp3) is 0.882. The van der Waals surface area contributed by atoms with Gasteiger partial charge in [0.25, 0.3) is 0 Å². The van der Waals surface area contributed by atoms with Gasteiger partial charge in [0.1, 0.15) is 6.04 Å². The van der Waals surface area contributed by atoms with Crippen molar-refractivity contribution in [1.82, 2.24) is 10.6 Å². The van der Waals surface area contributed by atoms with Gasteiger partial charge in [0, 0.05) is 12.5 Å².